The molecule has 1 saturated heterocycles. The smallest absolute Gasteiger partial charge is 0.151 e. The van der Waals surface area contributed by atoms with Crippen LogP contribution in [0.5, 0.6) is 0 Å². The summed E-state index contributed by atoms with van der Waals surface area (Å²) in [6.45, 7) is 2.16. The van der Waals surface area contributed by atoms with Gasteiger partial charge in [-0.3, -0.25) is 0 Å². The van der Waals surface area contributed by atoms with Crippen molar-refractivity contribution in [2.24, 2.45) is 0 Å². The molecule has 1 aromatic carbocycles. The van der Waals surface area contributed by atoms with Crippen molar-refractivity contribution in [1.29, 1.82) is 0 Å². The molecular formula is C15H19N3O2S. The Labute approximate surface area is 124 Å². The fourth-order valence-corrected chi connectivity index (χ4v) is 4.48. The molecular weight excluding hydrogens is 286 g/mol. The minimum Gasteiger partial charge on any atom is -0.229 e. The van der Waals surface area contributed by atoms with Gasteiger partial charge in [0.05, 0.1) is 29.1 Å². The molecule has 112 valence electrons. The molecule has 0 saturated carbocycles. The fourth-order valence-electron chi connectivity index (χ4n) is 2.72. The monoisotopic (exact) mass is 305 g/mol. The minimum atomic E-state index is -2.89. The molecule has 21 heavy (non-hydrogen) atoms. The lowest BCUT2D eigenvalue weighted by Crippen LogP contribution is -2.04. The van der Waals surface area contributed by atoms with Crippen LogP contribution in [0.2, 0.25) is 0 Å². The van der Waals surface area contributed by atoms with E-state index in [2.05, 4.69) is 29.4 Å². The van der Waals surface area contributed by atoms with E-state index in [0.717, 1.165) is 24.2 Å². The van der Waals surface area contributed by atoms with Gasteiger partial charge in [-0.2, -0.15) is 0 Å². The van der Waals surface area contributed by atoms with E-state index < -0.39 is 9.84 Å². The first kappa shape index (κ1) is 14.3. The van der Waals surface area contributed by atoms with Crippen molar-refractivity contribution in [2.75, 3.05) is 11.5 Å². The summed E-state index contributed by atoms with van der Waals surface area (Å²) in [5.74, 6) is 0.445. The normalized spacial score (nSPS) is 20.7. The van der Waals surface area contributed by atoms with Gasteiger partial charge < -0.3 is 0 Å². The molecule has 1 atom stereocenters. The first-order chi connectivity index (χ1) is 10.1. The fraction of sp³-hybridized carbons (Fsp3) is 0.467. The van der Waals surface area contributed by atoms with E-state index in [1.165, 1.54) is 5.56 Å². The van der Waals surface area contributed by atoms with Crippen LogP contribution in [0.1, 0.15) is 36.9 Å². The van der Waals surface area contributed by atoms with Crippen LogP contribution in [0.25, 0.3) is 5.69 Å². The van der Waals surface area contributed by atoms with Crippen molar-refractivity contribution >= 4 is 9.84 Å². The van der Waals surface area contributed by atoms with Gasteiger partial charge in [-0.15, -0.1) is 5.10 Å². The molecule has 2 heterocycles. The van der Waals surface area contributed by atoms with Crippen molar-refractivity contribution in [3.05, 3.63) is 41.7 Å². The number of benzene rings is 1. The third kappa shape index (κ3) is 3.15. The highest BCUT2D eigenvalue weighted by molar-refractivity contribution is 7.91. The highest BCUT2D eigenvalue weighted by atomic mass is 32.2. The number of rotatable bonds is 4. The number of sulfone groups is 1. The van der Waals surface area contributed by atoms with Crippen LogP contribution in [0.4, 0.5) is 0 Å². The number of hydrogen-bond acceptors (Lipinski definition) is 4. The van der Waals surface area contributed by atoms with Gasteiger partial charge in [-0.25, -0.2) is 13.1 Å². The Morgan fingerprint density at radius 3 is 2.67 bits per heavy atom. The highest BCUT2D eigenvalue weighted by Crippen LogP contribution is 2.27. The van der Waals surface area contributed by atoms with Gasteiger partial charge >= 0.3 is 0 Å². The molecule has 1 unspecified atom stereocenters. The highest BCUT2D eigenvalue weighted by Gasteiger charge is 2.30. The maximum atomic E-state index is 11.5. The van der Waals surface area contributed by atoms with Crippen LogP contribution in [0.3, 0.4) is 0 Å². The standard InChI is InChI=1S/C15H19N3O2S/c1-2-3-12-4-6-14(7-5-12)18-10-15(16-17-18)13-8-9-21(19,20)11-13/h4-7,10,13H,2-3,8-9,11H2,1H3. The topological polar surface area (TPSA) is 64.8 Å². The predicted molar refractivity (Wildman–Crippen MR) is 81.4 cm³/mol. The molecule has 1 fully saturated rings. The summed E-state index contributed by atoms with van der Waals surface area (Å²) in [7, 11) is -2.89. The third-order valence-electron chi connectivity index (χ3n) is 3.90. The second-order valence-corrected chi connectivity index (χ2v) is 7.83. The number of hydrogen-bond donors (Lipinski definition) is 0. The molecule has 0 spiro atoms. The summed E-state index contributed by atoms with van der Waals surface area (Å²) in [5, 5.41) is 8.27. The van der Waals surface area contributed by atoms with Crippen molar-refractivity contribution in [1.82, 2.24) is 15.0 Å². The second-order valence-electron chi connectivity index (χ2n) is 5.60. The first-order valence-electron chi connectivity index (χ1n) is 7.29. The second kappa shape index (κ2) is 5.60. The predicted octanol–water partition coefficient (Wildman–Crippen LogP) is 2.12. The van der Waals surface area contributed by atoms with E-state index >= 15 is 0 Å². The van der Waals surface area contributed by atoms with Crippen molar-refractivity contribution in [3.8, 4) is 5.69 Å². The molecule has 6 heteroatoms. The summed E-state index contributed by atoms with van der Waals surface area (Å²) in [4.78, 5) is 0. The Kier molecular flexibility index (Phi) is 3.80. The van der Waals surface area contributed by atoms with E-state index in [1.807, 2.05) is 18.3 Å². The summed E-state index contributed by atoms with van der Waals surface area (Å²) < 4.78 is 24.8. The van der Waals surface area contributed by atoms with Gasteiger partial charge in [-0.05, 0) is 30.5 Å². The van der Waals surface area contributed by atoms with E-state index in [-0.39, 0.29) is 17.4 Å². The maximum Gasteiger partial charge on any atom is 0.151 e. The molecule has 2 aromatic rings. The average Bonchev–Trinajstić information content (AvgIpc) is 3.06. The zero-order valence-corrected chi connectivity index (χ0v) is 12.9. The number of aryl methyl sites for hydroxylation is 1. The van der Waals surface area contributed by atoms with Crippen molar-refractivity contribution in [2.45, 2.75) is 32.1 Å². The van der Waals surface area contributed by atoms with E-state index in [4.69, 9.17) is 0 Å². The average molecular weight is 305 g/mol. The Morgan fingerprint density at radius 2 is 2.05 bits per heavy atom. The third-order valence-corrected chi connectivity index (χ3v) is 5.67. The van der Waals surface area contributed by atoms with Crippen molar-refractivity contribution < 1.29 is 8.42 Å². The van der Waals surface area contributed by atoms with Gasteiger partial charge in [0, 0.05) is 5.92 Å². The van der Waals surface area contributed by atoms with Gasteiger partial charge in [-0.1, -0.05) is 30.7 Å². The lowest BCUT2D eigenvalue weighted by atomic mass is 10.1. The largest absolute Gasteiger partial charge is 0.229 e. The Balaban J connectivity index is 1.78. The Bertz CT molecular complexity index is 720. The van der Waals surface area contributed by atoms with E-state index in [9.17, 15) is 8.42 Å². The quantitative estimate of drug-likeness (QED) is 0.868. The van der Waals surface area contributed by atoms with Crippen LogP contribution in [0.15, 0.2) is 30.5 Å². The van der Waals surface area contributed by atoms with Crippen LogP contribution < -0.4 is 0 Å². The first-order valence-corrected chi connectivity index (χ1v) is 9.11. The van der Waals surface area contributed by atoms with Crippen LogP contribution in [-0.2, 0) is 16.3 Å². The lowest BCUT2D eigenvalue weighted by molar-refractivity contribution is 0.601. The van der Waals surface area contributed by atoms with Crippen LogP contribution >= 0.6 is 0 Å². The molecule has 0 bridgehead atoms. The molecule has 3 rings (SSSR count). The molecule has 1 aliphatic heterocycles. The maximum absolute atomic E-state index is 11.5. The Morgan fingerprint density at radius 1 is 1.29 bits per heavy atom. The number of nitrogens with zero attached hydrogens (tertiary/aromatic N) is 3. The summed E-state index contributed by atoms with van der Waals surface area (Å²) in [6, 6.07) is 8.24. The summed E-state index contributed by atoms with van der Waals surface area (Å²) in [5.41, 5.74) is 3.03. The SMILES string of the molecule is CCCc1ccc(-n2cc(C3CCS(=O)(=O)C3)nn2)cc1. The van der Waals surface area contributed by atoms with E-state index in [0.29, 0.717) is 6.42 Å². The van der Waals surface area contributed by atoms with Crippen LogP contribution in [0, 0.1) is 0 Å². The van der Waals surface area contributed by atoms with Gasteiger partial charge in [0.1, 0.15) is 0 Å². The minimum absolute atomic E-state index is 0.0110. The molecule has 1 aromatic heterocycles. The molecule has 0 N–H and O–H groups in total. The van der Waals surface area contributed by atoms with Gasteiger partial charge in [0.2, 0.25) is 0 Å². The van der Waals surface area contributed by atoms with Crippen molar-refractivity contribution in [3.63, 3.8) is 0 Å². The zero-order chi connectivity index (χ0) is 14.9. The van der Waals surface area contributed by atoms with E-state index in [1.54, 1.807) is 4.68 Å². The molecule has 0 amide bonds. The Hall–Kier alpha value is -1.69. The van der Waals surface area contributed by atoms with Gasteiger partial charge in [0.15, 0.2) is 9.84 Å². The molecule has 5 nitrogen and oxygen atoms in total. The summed E-state index contributed by atoms with van der Waals surface area (Å²) in [6.07, 6.45) is 4.70. The van der Waals surface area contributed by atoms with Gasteiger partial charge in [0.25, 0.3) is 0 Å². The van der Waals surface area contributed by atoms with Crippen LogP contribution in [-0.4, -0.2) is 34.9 Å². The number of aromatic nitrogens is 3. The molecule has 1 aliphatic rings. The summed E-state index contributed by atoms with van der Waals surface area (Å²) >= 11 is 0. The zero-order valence-electron chi connectivity index (χ0n) is 12.1. The molecule has 0 aliphatic carbocycles. The lowest BCUT2D eigenvalue weighted by Gasteiger charge is -2.03. The molecule has 0 radical (unpaired) electrons.